The first-order valence-corrected chi connectivity index (χ1v) is 7.79. The fourth-order valence-electron chi connectivity index (χ4n) is 2.28. The molecule has 106 valence electrons. The van der Waals surface area contributed by atoms with Gasteiger partial charge in [-0.2, -0.15) is 4.31 Å². The van der Waals surface area contributed by atoms with Gasteiger partial charge in [-0.3, -0.25) is 0 Å². The molecule has 0 saturated carbocycles. The van der Waals surface area contributed by atoms with Gasteiger partial charge in [0, 0.05) is 26.2 Å². The number of piperazine rings is 1. The number of aliphatic hydroxyl groups is 1. The SMILES string of the molecule is Cc1c(CO)cccc1S(=O)(=O)N1CCN(C)CC1. The van der Waals surface area contributed by atoms with Crippen molar-refractivity contribution in [2.75, 3.05) is 33.2 Å². The molecule has 1 aromatic carbocycles. The molecule has 1 saturated heterocycles. The molecule has 19 heavy (non-hydrogen) atoms. The molecule has 0 aliphatic carbocycles. The fraction of sp³-hybridized carbons (Fsp3) is 0.538. The minimum atomic E-state index is -3.45. The van der Waals surface area contributed by atoms with E-state index in [1.165, 1.54) is 4.31 Å². The minimum absolute atomic E-state index is 0.141. The Morgan fingerprint density at radius 1 is 1.21 bits per heavy atom. The molecular formula is C13H20N2O3S. The number of rotatable bonds is 3. The van der Waals surface area contributed by atoms with Crippen LogP contribution in [0.5, 0.6) is 0 Å². The van der Waals surface area contributed by atoms with Crippen molar-refractivity contribution in [1.82, 2.24) is 9.21 Å². The number of nitrogens with zero attached hydrogens (tertiary/aromatic N) is 2. The van der Waals surface area contributed by atoms with Crippen molar-refractivity contribution in [1.29, 1.82) is 0 Å². The van der Waals surface area contributed by atoms with Gasteiger partial charge in [0.15, 0.2) is 0 Å². The number of benzene rings is 1. The van der Waals surface area contributed by atoms with Gasteiger partial charge >= 0.3 is 0 Å². The van der Waals surface area contributed by atoms with E-state index in [0.717, 1.165) is 13.1 Å². The molecule has 2 rings (SSSR count). The molecule has 1 aliphatic heterocycles. The standard InChI is InChI=1S/C13H20N2O3S/c1-11-12(10-16)4-3-5-13(11)19(17,18)15-8-6-14(2)7-9-15/h3-5,16H,6-10H2,1-2H3. The van der Waals surface area contributed by atoms with Gasteiger partial charge in [-0.1, -0.05) is 12.1 Å². The molecule has 1 aliphatic rings. The van der Waals surface area contributed by atoms with Crippen molar-refractivity contribution in [2.45, 2.75) is 18.4 Å². The third kappa shape index (κ3) is 2.81. The molecule has 1 heterocycles. The molecule has 0 aromatic heterocycles. The van der Waals surface area contributed by atoms with E-state index < -0.39 is 10.0 Å². The largest absolute Gasteiger partial charge is 0.392 e. The van der Waals surface area contributed by atoms with E-state index in [9.17, 15) is 13.5 Å². The highest BCUT2D eigenvalue weighted by atomic mass is 32.2. The van der Waals surface area contributed by atoms with Crippen LogP contribution < -0.4 is 0 Å². The van der Waals surface area contributed by atoms with Crippen LogP contribution in [0, 0.1) is 6.92 Å². The highest BCUT2D eigenvalue weighted by molar-refractivity contribution is 7.89. The average molecular weight is 284 g/mol. The van der Waals surface area contributed by atoms with Crippen LogP contribution in [-0.4, -0.2) is 56.0 Å². The van der Waals surface area contributed by atoms with Gasteiger partial charge in [0.1, 0.15) is 0 Å². The van der Waals surface area contributed by atoms with Crippen molar-refractivity contribution >= 4 is 10.0 Å². The van der Waals surface area contributed by atoms with Gasteiger partial charge in [-0.15, -0.1) is 0 Å². The van der Waals surface area contributed by atoms with E-state index >= 15 is 0 Å². The number of likely N-dealkylation sites (N-methyl/N-ethyl adjacent to an activating group) is 1. The lowest BCUT2D eigenvalue weighted by Gasteiger charge is -2.32. The molecule has 6 heteroatoms. The highest BCUT2D eigenvalue weighted by Crippen LogP contribution is 2.23. The Hall–Kier alpha value is -0.950. The molecule has 0 bridgehead atoms. The van der Waals surface area contributed by atoms with Crippen molar-refractivity contribution < 1.29 is 13.5 Å². The number of hydrogen-bond acceptors (Lipinski definition) is 4. The molecule has 0 radical (unpaired) electrons. The van der Waals surface area contributed by atoms with E-state index in [1.807, 2.05) is 7.05 Å². The second kappa shape index (κ2) is 5.58. The Labute approximate surface area is 114 Å². The quantitative estimate of drug-likeness (QED) is 0.874. The Kier molecular flexibility index (Phi) is 4.25. The van der Waals surface area contributed by atoms with Crippen LogP contribution in [0.1, 0.15) is 11.1 Å². The molecular weight excluding hydrogens is 264 g/mol. The lowest BCUT2D eigenvalue weighted by atomic mass is 10.1. The van der Waals surface area contributed by atoms with Gasteiger partial charge in [0.25, 0.3) is 0 Å². The van der Waals surface area contributed by atoms with Crippen molar-refractivity contribution in [2.24, 2.45) is 0 Å². The second-order valence-corrected chi connectivity index (χ2v) is 6.81. The Balaban J connectivity index is 2.35. The summed E-state index contributed by atoms with van der Waals surface area (Å²) in [4.78, 5) is 2.42. The van der Waals surface area contributed by atoms with Crippen LogP contribution >= 0.6 is 0 Å². The predicted molar refractivity (Wildman–Crippen MR) is 73.4 cm³/mol. The van der Waals surface area contributed by atoms with E-state index in [-0.39, 0.29) is 6.61 Å². The zero-order chi connectivity index (χ0) is 14.0. The van der Waals surface area contributed by atoms with Crippen LogP contribution in [0.25, 0.3) is 0 Å². The molecule has 1 aromatic rings. The smallest absolute Gasteiger partial charge is 0.243 e. The summed E-state index contributed by atoms with van der Waals surface area (Å²) in [5.41, 5.74) is 1.30. The molecule has 0 unspecified atom stereocenters. The van der Waals surface area contributed by atoms with Crippen LogP contribution in [0.2, 0.25) is 0 Å². The lowest BCUT2D eigenvalue weighted by molar-refractivity contribution is 0.222. The summed E-state index contributed by atoms with van der Waals surface area (Å²) in [5.74, 6) is 0. The maximum absolute atomic E-state index is 12.6. The number of hydrogen-bond donors (Lipinski definition) is 1. The molecule has 0 spiro atoms. The molecule has 0 amide bonds. The van der Waals surface area contributed by atoms with E-state index in [2.05, 4.69) is 4.90 Å². The van der Waals surface area contributed by atoms with Crippen LogP contribution in [-0.2, 0) is 16.6 Å². The molecule has 1 N–H and O–H groups in total. The first-order valence-electron chi connectivity index (χ1n) is 6.35. The van der Waals surface area contributed by atoms with Crippen molar-refractivity contribution in [3.8, 4) is 0 Å². The minimum Gasteiger partial charge on any atom is -0.392 e. The maximum Gasteiger partial charge on any atom is 0.243 e. The summed E-state index contributed by atoms with van der Waals surface area (Å²) in [7, 11) is -1.47. The summed E-state index contributed by atoms with van der Waals surface area (Å²) in [6.45, 7) is 4.13. The van der Waals surface area contributed by atoms with Crippen molar-refractivity contribution in [3.63, 3.8) is 0 Å². The summed E-state index contributed by atoms with van der Waals surface area (Å²) >= 11 is 0. The Bertz CT molecular complexity index is 549. The van der Waals surface area contributed by atoms with Crippen LogP contribution in [0.4, 0.5) is 0 Å². The molecule has 0 atom stereocenters. The van der Waals surface area contributed by atoms with Gasteiger partial charge in [-0.25, -0.2) is 8.42 Å². The monoisotopic (exact) mass is 284 g/mol. The lowest BCUT2D eigenvalue weighted by Crippen LogP contribution is -2.47. The summed E-state index contributed by atoms with van der Waals surface area (Å²) in [5, 5.41) is 9.24. The first kappa shape index (κ1) is 14.5. The highest BCUT2D eigenvalue weighted by Gasteiger charge is 2.28. The topological polar surface area (TPSA) is 60.9 Å². The Morgan fingerprint density at radius 2 is 1.84 bits per heavy atom. The zero-order valence-electron chi connectivity index (χ0n) is 11.3. The normalized spacial score (nSPS) is 18.7. The van der Waals surface area contributed by atoms with Gasteiger partial charge in [0.05, 0.1) is 11.5 Å². The summed E-state index contributed by atoms with van der Waals surface area (Å²) in [6, 6.07) is 5.04. The molecule has 1 fully saturated rings. The number of sulfonamides is 1. The number of aliphatic hydroxyl groups excluding tert-OH is 1. The van der Waals surface area contributed by atoms with E-state index in [4.69, 9.17) is 0 Å². The average Bonchev–Trinajstić information content (AvgIpc) is 2.39. The second-order valence-electron chi connectivity index (χ2n) is 4.91. The van der Waals surface area contributed by atoms with E-state index in [1.54, 1.807) is 25.1 Å². The molecule has 5 nitrogen and oxygen atoms in total. The van der Waals surface area contributed by atoms with Gasteiger partial charge < -0.3 is 10.0 Å². The fourth-order valence-corrected chi connectivity index (χ4v) is 3.97. The van der Waals surface area contributed by atoms with Crippen LogP contribution in [0.3, 0.4) is 0 Å². The Morgan fingerprint density at radius 3 is 2.42 bits per heavy atom. The van der Waals surface area contributed by atoms with Gasteiger partial charge in [-0.05, 0) is 31.2 Å². The van der Waals surface area contributed by atoms with E-state index in [0.29, 0.717) is 29.1 Å². The first-order chi connectivity index (χ1) is 8.96. The summed E-state index contributed by atoms with van der Waals surface area (Å²) < 4.78 is 26.7. The van der Waals surface area contributed by atoms with Crippen LogP contribution in [0.15, 0.2) is 23.1 Å². The summed E-state index contributed by atoms with van der Waals surface area (Å²) in [6.07, 6.45) is 0. The third-order valence-electron chi connectivity index (χ3n) is 3.65. The third-order valence-corrected chi connectivity index (χ3v) is 5.69. The predicted octanol–water partition coefficient (Wildman–Crippen LogP) is 0.423. The van der Waals surface area contributed by atoms with Crippen molar-refractivity contribution in [3.05, 3.63) is 29.3 Å². The van der Waals surface area contributed by atoms with Gasteiger partial charge in [0.2, 0.25) is 10.0 Å². The zero-order valence-corrected chi connectivity index (χ0v) is 12.2. The maximum atomic E-state index is 12.6.